The monoisotopic (exact) mass is 546 g/mol. The van der Waals surface area contributed by atoms with Crippen molar-refractivity contribution >= 4 is 38.9 Å². The van der Waals surface area contributed by atoms with Crippen molar-refractivity contribution in [2.45, 2.75) is 32.9 Å². The average Bonchev–Trinajstić information content (AvgIpc) is 3.35. The molecule has 0 radical (unpaired) electrons. The molecule has 2 aromatic carbocycles. The van der Waals surface area contributed by atoms with Gasteiger partial charge in [0.2, 0.25) is 0 Å². The molecular formula is C28H27BrN4OS. The van der Waals surface area contributed by atoms with Crippen LogP contribution in [0.25, 0.3) is 5.69 Å². The molecule has 0 saturated carbocycles. The first-order chi connectivity index (χ1) is 17.0. The number of aryl methyl sites for hydroxylation is 1. The number of anilines is 1. The Morgan fingerprint density at radius 3 is 2.49 bits per heavy atom. The number of aromatic nitrogens is 2. The predicted octanol–water partition coefficient (Wildman–Crippen LogP) is 6.83. The van der Waals surface area contributed by atoms with Crippen LogP contribution >= 0.6 is 28.1 Å². The molecule has 0 amide bonds. The van der Waals surface area contributed by atoms with Gasteiger partial charge in [-0.3, -0.25) is 4.98 Å². The molecule has 0 unspecified atom stereocenters. The lowest BCUT2D eigenvalue weighted by Crippen LogP contribution is -2.29. The molecule has 35 heavy (non-hydrogen) atoms. The van der Waals surface area contributed by atoms with E-state index in [1.807, 2.05) is 43.5 Å². The van der Waals surface area contributed by atoms with Crippen molar-refractivity contribution in [2.75, 3.05) is 11.5 Å². The van der Waals surface area contributed by atoms with Crippen LogP contribution in [0, 0.1) is 13.8 Å². The maximum Gasteiger partial charge on any atom is 0.174 e. The molecule has 5 nitrogen and oxygen atoms in total. The summed E-state index contributed by atoms with van der Waals surface area (Å²) in [5.74, 6) is 0.847. The van der Waals surface area contributed by atoms with Gasteiger partial charge < -0.3 is 19.5 Å². The van der Waals surface area contributed by atoms with Gasteiger partial charge in [0.25, 0.3) is 0 Å². The molecule has 0 bridgehead atoms. The summed E-state index contributed by atoms with van der Waals surface area (Å²) in [7, 11) is 0. The highest BCUT2D eigenvalue weighted by Crippen LogP contribution is 2.44. The second kappa shape index (κ2) is 9.84. The Labute approximate surface area is 219 Å². The lowest BCUT2D eigenvalue weighted by atomic mass is 9.96. The van der Waals surface area contributed by atoms with Crippen molar-refractivity contribution in [3.05, 3.63) is 106 Å². The van der Waals surface area contributed by atoms with Crippen LogP contribution in [-0.2, 0) is 0 Å². The lowest BCUT2D eigenvalue weighted by Gasteiger charge is -2.28. The standard InChI is InChI=1S/C28H27BrN4OS/c1-4-34-23-13-11-21(12-14-23)33-27(26(31-28(33)35)25-10-5-6-15-30-25)24-16-18(2)32(19(24)3)22-9-7-8-20(29)17-22/h5-17,26-27H,4H2,1-3H3,(H,31,35)/t26-,27+/m0/s1. The summed E-state index contributed by atoms with van der Waals surface area (Å²) in [6.07, 6.45) is 1.83. The Morgan fingerprint density at radius 2 is 1.80 bits per heavy atom. The van der Waals surface area contributed by atoms with E-state index in [2.05, 4.69) is 92.0 Å². The second-order valence-corrected chi connectivity index (χ2v) is 9.87. The van der Waals surface area contributed by atoms with Gasteiger partial charge in [-0.2, -0.15) is 0 Å². The SMILES string of the molecule is CCOc1ccc(N2C(=S)N[C@@H](c3ccccn3)[C@H]2c2cc(C)n(-c3cccc(Br)c3)c2C)cc1. The van der Waals surface area contributed by atoms with E-state index in [-0.39, 0.29) is 12.1 Å². The molecular weight excluding hydrogens is 520 g/mol. The highest BCUT2D eigenvalue weighted by molar-refractivity contribution is 9.10. The van der Waals surface area contributed by atoms with E-state index in [1.54, 1.807) is 0 Å². The van der Waals surface area contributed by atoms with Crippen molar-refractivity contribution in [1.29, 1.82) is 0 Å². The molecule has 0 aliphatic carbocycles. The van der Waals surface area contributed by atoms with E-state index < -0.39 is 0 Å². The third-order valence-electron chi connectivity index (χ3n) is 6.38. The van der Waals surface area contributed by atoms with E-state index in [4.69, 9.17) is 17.0 Å². The first-order valence-corrected chi connectivity index (χ1v) is 12.9. The minimum atomic E-state index is -0.0910. The molecule has 1 aliphatic heterocycles. The highest BCUT2D eigenvalue weighted by Gasteiger charge is 2.42. The minimum Gasteiger partial charge on any atom is -0.494 e. The predicted molar refractivity (Wildman–Crippen MR) is 148 cm³/mol. The quantitative estimate of drug-likeness (QED) is 0.268. The van der Waals surface area contributed by atoms with Crippen LogP contribution in [0.5, 0.6) is 5.75 Å². The summed E-state index contributed by atoms with van der Waals surface area (Å²) < 4.78 is 9.01. The first-order valence-electron chi connectivity index (χ1n) is 11.7. The van der Waals surface area contributed by atoms with Crippen LogP contribution in [-0.4, -0.2) is 21.3 Å². The molecule has 2 atom stereocenters. The maximum absolute atomic E-state index is 5.90. The fourth-order valence-corrected chi connectivity index (χ4v) is 5.65. The number of hydrogen-bond donors (Lipinski definition) is 1. The average molecular weight is 548 g/mol. The Balaban J connectivity index is 1.64. The van der Waals surface area contributed by atoms with Crippen molar-refractivity contribution in [2.24, 2.45) is 0 Å². The molecule has 7 heteroatoms. The van der Waals surface area contributed by atoms with Gasteiger partial charge in [-0.25, -0.2) is 0 Å². The molecule has 1 N–H and O–H groups in total. The van der Waals surface area contributed by atoms with Gasteiger partial charge in [0.05, 0.1) is 24.4 Å². The van der Waals surface area contributed by atoms with Crippen LogP contribution in [0.1, 0.15) is 41.7 Å². The zero-order chi connectivity index (χ0) is 24.5. The Morgan fingerprint density at radius 1 is 1.00 bits per heavy atom. The number of benzene rings is 2. The fourth-order valence-electron chi connectivity index (χ4n) is 4.92. The number of pyridine rings is 1. The van der Waals surface area contributed by atoms with Gasteiger partial charge >= 0.3 is 0 Å². The molecule has 3 heterocycles. The summed E-state index contributed by atoms with van der Waals surface area (Å²) in [6.45, 7) is 6.95. The largest absolute Gasteiger partial charge is 0.494 e. The number of rotatable bonds is 6. The molecule has 1 fully saturated rings. The van der Waals surface area contributed by atoms with Crippen LogP contribution < -0.4 is 15.0 Å². The van der Waals surface area contributed by atoms with Crippen molar-refractivity contribution in [3.63, 3.8) is 0 Å². The third kappa shape index (κ3) is 4.46. The van der Waals surface area contributed by atoms with Gasteiger partial charge in [0.1, 0.15) is 5.75 Å². The van der Waals surface area contributed by atoms with E-state index in [9.17, 15) is 0 Å². The number of hydrogen-bond acceptors (Lipinski definition) is 3. The smallest absolute Gasteiger partial charge is 0.174 e. The van der Waals surface area contributed by atoms with Gasteiger partial charge in [0, 0.05) is 33.4 Å². The van der Waals surface area contributed by atoms with Crippen LogP contribution in [0.15, 0.2) is 83.5 Å². The normalized spacial score (nSPS) is 17.5. The first kappa shape index (κ1) is 23.6. The van der Waals surface area contributed by atoms with Crippen molar-refractivity contribution in [3.8, 4) is 11.4 Å². The molecule has 1 aliphatic rings. The summed E-state index contributed by atoms with van der Waals surface area (Å²) in [5, 5.41) is 4.24. The molecule has 2 aromatic heterocycles. The maximum atomic E-state index is 5.90. The van der Waals surface area contributed by atoms with Crippen molar-refractivity contribution in [1.82, 2.24) is 14.9 Å². The summed E-state index contributed by atoms with van der Waals surface area (Å²) in [4.78, 5) is 6.89. The molecule has 5 rings (SSSR count). The van der Waals surface area contributed by atoms with Crippen LogP contribution in [0.2, 0.25) is 0 Å². The third-order valence-corrected chi connectivity index (χ3v) is 7.19. The molecule has 0 spiro atoms. The topological polar surface area (TPSA) is 42.3 Å². The van der Waals surface area contributed by atoms with Crippen LogP contribution in [0.3, 0.4) is 0 Å². The zero-order valence-electron chi connectivity index (χ0n) is 19.9. The number of nitrogens with zero attached hydrogens (tertiary/aromatic N) is 3. The van der Waals surface area contributed by atoms with E-state index >= 15 is 0 Å². The molecule has 4 aromatic rings. The molecule has 178 valence electrons. The summed E-state index contributed by atoms with van der Waals surface area (Å²) >= 11 is 9.52. The Kier molecular flexibility index (Phi) is 6.62. The van der Waals surface area contributed by atoms with Gasteiger partial charge in [-0.05, 0) is 99.2 Å². The number of halogens is 1. The molecule has 1 saturated heterocycles. The van der Waals surface area contributed by atoms with Gasteiger partial charge in [-0.15, -0.1) is 0 Å². The lowest BCUT2D eigenvalue weighted by molar-refractivity contribution is 0.340. The summed E-state index contributed by atoms with van der Waals surface area (Å²) in [5.41, 5.74) is 6.64. The highest BCUT2D eigenvalue weighted by atomic mass is 79.9. The van der Waals surface area contributed by atoms with Crippen molar-refractivity contribution < 1.29 is 4.74 Å². The van der Waals surface area contributed by atoms with E-state index in [1.165, 1.54) is 17.0 Å². The minimum absolute atomic E-state index is 0.0672. The number of thiocarbonyl (C=S) groups is 1. The Hall–Kier alpha value is -3.16. The second-order valence-electron chi connectivity index (χ2n) is 8.57. The fraction of sp³-hybridized carbons (Fsp3) is 0.214. The zero-order valence-corrected chi connectivity index (χ0v) is 22.3. The van der Waals surface area contributed by atoms with E-state index in [0.29, 0.717) is 11.7 Å². The van der Waals surface area contributed by atoms with Gasteiger partial charge in [-0.1, -0.05) is 28.1 Å². The summed E-state index contributed by atoms with van der Waals surface area (Å²) in [6, 6.07) is 24.6. The Bertz CT molecular complexity index is 1350. The number of nitrogens with one attached hydrogen (secondary N) is 1. The number of ether oxygens (including phenoxy) is 1. The van der Waals surface area contributed by atoms with Gasteiger partial charge in [0.15, 0.2) is 5.11 Å². The van der Waals surface area contributed by atoms with E-state index in [0.717, 1.165) is 27.3 Å². The van der Waals surface area contributed by atoms with Crippen LogP contribution in [0.4, 0.5) is 5.69 Å².